The van der Waals surface area contributed by atoms with Crippen molar-refractivity contribution in [2.45, 2.75) is 66.5 Å². The summed E-state index contributed by atoms with van der Waals surface area (Å²) in [7, 11) is 1.42. The van der Waals surface area contributed by atoms with E-state index < -0.39 is 29.6 Å². The summed E-state index contributed by atoms with van der Waals surface area (Å²) in [6, 6.07) is 5.83. The minimum Gasteiger partial charge on any atom is -0.494 e. The number of fused-ring (bicyclic) bond motifs is 2. The second-order valence-corrected chi connectivity index (χ2v) is 13.2. The van der Waals surface area contributed by atoms with Crippen LogP contribution in [0.2, 0.25) is 0 Å². The first kappa shape index (κ1) is 41.1. The first-order chi connectivity index (χ1) is 28.2. The Bertz CT molecular complexity index is 2650. The van der Waals surface area contributed by atoms with Crippen molar-refractivity contribution in [1.82, 2.24) is 29.1 Å². The molecule has 6 rings (SSSR count). The smallest absolute Gasteiger partial charge is 0.303 e. The van der Waals surface area contributed by atoms with Crippen LogP contribution in [-0.4, -0.2) is 77.5 Å². The van der Waals surface area contributed by atoms with Crippen molar-refractivity contribution in [3.8, 4) is 11.5 Å². The average molecular weight is 811 g/mol. The van der Waals surface area contributed by atoms with Crippen LogP contribution in [0.3, 0.4) is 0 Å². The number of carbonyl (C=O) groups is 5. The van der Waals surface area contributed by atoms with Crippen LogP contribution in [0.4, 0.5) is 11.9 Å². The molecule has 4 amide bonds. The van der Waals surface area contributed by atoms with Crippen LogP contribution in [0.5, 0.6) is 11.5 Å². The molecule has 7 N–H and O–H groups in total. The summed E-state index contributed by atoms with van der Waals surface area (Å²) in [6.45, 7) is 7.06. The zero-order valence-corrected chi connectivity index (χ0v) is 32.9. The average Bonchev–Trinajstić information content (AvgIpc) is 3.96. The Morgan fingerprint density at radius 2 is 1.20 bits per heavy atom. The highest BCUT2D eigenvalue weighted by atomic mass is 16.5. The fourth-order valence-electron chi connectivity index (χ4n) is 6.41. The number of anilines is 2. The highest BCUT2D eigenvalue weighted by Gasteiger charge is 2.25. The van der Waals surface area contributed by atoms with Gasteiger partial charge in [0, 0.05) is 44.5 Å². The number of carboxylic acids is 1. The fourth-order valence-corrected chi connectivity index (χ4v) is 6.41. The lowest BCUT2D eigenvalue weighted by atomic mass is 10.1. The first-order valence-corrected chi connectivity index (χ1v) is 18.5. The lowest BCUT2D eigenvalue weighted by molar-refractivity contribution is -0.137. The van der Waals surface area contributed by atoms with Crippen molar-refractivity contribution in [3.63, 3.8) is 0 Å². The second kappa shape index (κ2) is 17.3. The number of nitrogens with two attached hydrogens (primary N) is 2. The van der Waals surface area contributed by atoms with Crippen LogP contribution in [0.25, 0.3) is 22.1 Å². The van der Waals surface area contributed by atoms with E-state index in [1.807, 2.05) is 13.8 Å². The number of carbonyl (C=O) groups excluding carboxylic acids is 4. The summed E-state index contributed by atoms with van der Waals surface area (Å²) in [5.74, 6) is -2.45. The summed E-state index contributed by atoms with van der Waals surface area (Å²) < 4.78 is 26.2. The molecule has 0 saturated heterocycles. The molecule has 0 fully saturated rings. The van der Waals surface area contributed by atoms with Gasteiger partial charge in [0.25, 0.3) is 11.8 Å². The molecule has 0 saturated carbocycles. The van der Waals surface area contributed by atoms with Gasteiger partial charge in [-0.25, -0.2) is 19.9 Å². The zero-order chi connectivity index (χ0) is 42.5. The molecular formula is C39H42N10O10. The predicted octanol–water partition coefficient (Wildman–Crippen LogP) is 4.31. The number of hydrogen-bond donors (Lipinski definition) is 5. The number of benzene rings is 2. The van der Waals surface area contributed by atoms with Crippen molar-refractivity contribution in [2.75, 3.05) is 24.4 Å². The molecule has 4 heterocycles. The predicted molar refractivity (Wildman–Crippen MR) is 212 cm³/mol. The van der Waals surface area contributed by atoms with Gasteiger partial charge in [0.2, 0.25) is 35.2 Å². The molecule has 0 unspecified atom stereocenters. The van der Waals surface area contributed by atoms with Crippen LogP contribution >= 0.6 is 0 Å². The van der Waals surface area contributed by atoms with E-state index in [2.05, 4.69) is 30.6 Å². The first-order valence-electron chi connectivity index (χ1n) is 18.5. The van der Waals surface area contributed by atoms with Crippen LogP contribution in [0.15, 0.2) is 45.3 Å². The maximum absolute atomic E-state index is 13.6. The molecule has 4 aromatic heterocycles. The highest BCUT2D eigenvalue weighted by molar-refractivity contribution is 6.05. The molecule has 20 heteroatoms. The van der Waals surface area contributed by atoms with Gasteiger partial charge in [-0.05, 0) is 43.5 Å². The molecule has 0 atom stereocenters. The number of hydrogen-bond acceptors (Lipinski definition) is 13. The Kier molecular flexibility index (Phi) is 12.1. The van der Waals surface area contributed by atoms with Gasteiger partial charge in [-0.3, -0.25) is 34.6 Å². The number of imidazole rings is 2. The summed E-state index contributed by atoms with van der Waals surface area (Å²) in [5, 5.41) is 14.8. The molecule has 59 heavy (non-hydrogen) atoms. The Morgan fingerprint density at radius 3 is 1.63 bits per heavy atom. The number of carboxylic acid groups (broad SMARTS) is 1. The van der Waals surface area contributed by atoms with E-state index >= 15 is 0 Å². The van der Waals surface area contributed by atoms with E-state index in [1.165, 1.54) is 31.4 Å². The molecule has 20 nitrogen and oxygen atoms in total. The standard InChI is InChI=1S/C39H42N10O10/c1-6-23-32(58-19(3)42-23)36(54)46-38-44-25-15-21(34(40)52)17-27(56-5)30(25)48(38)12-8-9-13-49-31-26(16-22(35(41)53)18-28(31)57-14-10-11-29(50)51)45-39(49)47-37(55)33-24(7-2)43-20(4)59-33/h8-9,15-18H,6-7,10-14H2,1-5H3,(H2,40,52)(H2,41,53)(H,50,51)(H,44,46,54)(H,45,47,55). The van der Waals surface area contributed by atoms with Crippen LogP contribution in [0.1, 0.15) is 91.7 Å². The largest absolute Gasteiger partial charge is 0.494 e. The van der Waals surface area contributed by atoms with Gasteiger partial charge in [-0.2, -0.15) is 0 Å². The molecule has 0 aliphatic heterocycles. The van der Waals surface area contributed by atoms with Gasteiger partial charge in [-0.15, -0.1) is 0 Å². The van der Waals surface area contributed by atoms with Gasteiger partial charge in [-0.1, -0.05) is 26.0 Å². The molecule has 0 bridgehead atoms. The molecular weight excluding hydrogens is 768 g/mol. The van der Waals surface area contributed by atoms with Crippen LogP contribution < -0.4 is 31.6 Å². The number of aliphatic carboxylic acids is 1. The maximum Gasteiger partial charge on any atom is 0.303 e. The lowest BCUT2D eigenvalue weighted by Crippen LogP contribution is -2.17. The topological polar surface area (TPSA) is 288 Å². The number of oxazole rings is 2. The van der Waals surface area contributed by atoms with E-state index in [9.17, 15) is 24.0 Å². The maximum atomic E-state index is 13.6. The van der Waals surface area contributed by atoms with Gasteiger partial charge in [0.1, 0.15) is 22.5 Å². The Morgan fingerprint density at radius 1 is 0.746 bits per heavy atom. The normalized spacial score (nSPS) is 11.4. The number of allylic oxidation sites excluding steroid dienone is 2. The summed E-state index contributed by atoms with van der Waals surface area (Å²) >= 11 is 0. The number of methoxy groups -OCH3 is 1. The Balaban J connectivity index is 1.41. The molecule has 0 radical (unpaired) electrons. The molecule has 0 aliphatic rings. The lowest BCUT2D eigenvalue weighted by Gasteiger charge is -2.13. The molecule has 0 aliphatic carbocycles. The Labute approximate surface area is 335 Å². The van der Waals surface area contributed by atoms with Gasteiger partial charge < -0.3 is 44.0 Å². The van der Waals surface area contributed by atoms with Crippen molar-refractivity contribution < 1.29 is 47.4 Å². The number of nitrogens with one attached hydrogen (secondary N) is 2. The van der Waals surface area contributed by atoms with Crippen molar-refractivity contribution >= 4 is 63.6 Å². The minimum absolute atomic E-state index is 0.00340. The number of rotatable bonds is 18. The van der Waals surface area contributed by atoms with E-state index in [4.69, 9.17) is 34.9 Å². The molecule has 2 aromatic carbocycles. The van der Waals surface area contributed by atoms with Crippen molar-refractivity contribution in [2.24, 2.45) is 11.5 Å². The summed E-state index contributed by atoms with van der Waals surface area (Å²) in [6.07, 6.45) is 4.38. The number of ether oxygens (including phenoxy) is 2. The van der Waals surface area contributed by atoms with Gasteiger partial charge >= 0.3 is 5.97 Å². The summed E-state index contributed by atoms with van der Waals surface area (Å²) in [5.41, 5.74) is 13.7. The third-order valence-electron chi connectivity index (χ3n) is 9.08. The van der Waals surface area contributed by atoms with E-state index in [-0.39, 0.29) is 84.1 Å². The van der Waals surface area contributed by atoms with E-state index in [0.717, 1.165) is 0 Å². The molecule has 308 valence electrons. The number of nitrogens with zero attached hydrogens (tertiary/aromatic N) is 6. The van der Waals surface area contributed by atoms with Gasteiger partial charge in [0.05, 0.1) is 36.1 Å². The third-order valence-corrected chi connectivity index (χ3v) is 9.08. The second-order valence-electron chi connectivity index (χ2n) is 13.2. The number of aromatic nitrogens is 6. The molecule has 0 spiro atoms. The van der Waals surface area contributed by atoms with Crippen LogP contribution in [0, 0.1) is 13.8 Å². The highest BCUT2D eigenvalue weighted by Crippen LogP contribution is 2.33. The van der Waals surface area contributed by atoms with Gasteiger partial charge in [0.15, 0.2) is 11.8 Å². The number of aryl methyl sites for hydroxylation is 4. The molecule has 6 aromatic rings. The van der Waals surface area contributed by atoms with E-state index in [0.29, 0.717) is 52.6 Å². The fraction of sp³-hybridized carbons (Fsp3) is 0.308. The number of amides is 4. The SMILES string of the molecule is CCc1nc(C)oc1C(=O)Nc1nc2cc(C(N)=O)cc(OC)c2n1CC=CCn1c(NC(=O)c2oc(C)nc2CC)nc2cc(C(N)=O)cc(OCCCC(=O)O)c21. The quantitative estimate of drug-likeness (QED) is 0.0597. The van der Waals surface area contributed by atoms with Crippen LogP contribution in [-0.2, 0) is 30.7 Å². The van der Waals surface area contributed by atoms with E-state index in [1.54, 1.807) is 35.1 Å². The monoisotopic (exact) mass is 810 g/mol. The van der Waals surface area contributed by atoms with Crippen molar-refractivity contribution in [1.29, 1.82) is 0 Å². The number of primary amides is 2. The third kappa shape index (κ3) is 8.75. The zero-order valence-electron chi connectivity index (χ0n) is 32.9. The summed E-state index contributed by atoms with van der Waals surface area (Å²) in [4.78, 5) is 80.7. The Hall–Kier alpha value is -7.51. The van der Waals surface area contributed by atoms with Crippen molar-refractivity contribution in [3.05, 3.63) is 82.2 Å². The minimum atomic E-state index is -1.00.